The molecule has 1 rings (SSSR count). The normalized spacial score (nSPS) is 11.4. The van der Waals surface area contributed by atoms with Crippen molar-refractivity contribution in [2.24, 2.45) is 0 Å². The zero-order valence-electron chi connectivity index (χ0n) is 8.56. The molecular weight excluding hydrogens is 236 g/mol. The van der Waals surface area contributed by atoms with E-state index in [-0.39, 0.29) is 25.9 Å². The summed E-state index contributed by atoms with van der Waals surface area (Å²) in [6, 6.07) is 0. The van der Waals surface area contributed by atoms with Crippen LogP contribution in [0.2, 0.25) is 19.6 Å². The topological polar surface area (TPSA) is 39.8 Å². The van der Waals surface area contributed by atoms with E-state index in [9.17, 15) is 0 Å². The smallest absolute Gasteiger partial charge is 0.0312 e. The van der Waals surface area contributed by atoms with Gasteiger partial charge in [0.05, 0.1) is 0 Å². The quantitative estimate of drug-likeness (QED) is 0.359. The molecule has 4 heteroatoms. The third-order valence-corrected chi connectivity index (χ3v) is 0.556. The molecule has 0 atom stereocenters. The van der Waals surface area contributed by atoms with E-state index in [1.165, 1.54) is 0 Å². The molecule has 0 saturated heterocycles. The SMILES string of the molecule is C[Si-](C)C.[C-]#[O+].[C-]#[O+].[CH]1[CH][CH][CH][CH]1.[Fe+2]. The molecule has 0 amide bonds. The van der Waals surface area contributed by atoms with Gasteiger partial charge in [-0.15, -0.1) is 0 Å². The average Bonchev–Trinajstić information content (AvgIpc) is 2.67. The van der Waals surface area contributed by atoms with Crippen molar-refractivity contribution in [3.8, 4) is 0 Å². The van der Waals surface area contributed by atoms with Gasteiger partial charge in [-0.2, -0.15) is 19.6 Å². The van der Waals surface area contributed by atoms with Crippen LogP contribution < -0.4 is 0 Å². The van der Waals surface area contributed by atoms with Crippen molar-refractivity contribution in [2.75, 3.05) is 0 Å². The van der Waals surface area contributed by atoms with Gasteiger partial charge in [0.15, 0.2) is 0 Å². The van der Waals surface area contributed by atoms with Crippen LogP contribution in [0.3, 0.4) is 0 Å². The summed E-state index contributed by atoms with van der Waals surface area (Å²) in [4.78, 5) is 0. The van der Waals surface area contributed by atoms with Crippen LogP contribution in [0.5, 0.6) is 0 Å². The summed E-state index contributed by atoms with van der Waals surface area (Å²) in [5.41, 5.74) is 0. The van der Waals surface area contributed by atoms with E-state index in [4.69, 9.17) is 9.30 Å². The first kappa shape index (κ1) is 23.8. The second kappa shape index (κ2) is 29.2. The van der Waals surface area contributed by atoms with E-state index in [2.05, 4.69) is 32.9 Å². The Balaban J connectivity index is -0.0000000511. The number of hydrogen-bond donors (Lipinski definition) is 0. The van der Waals surface area contributed by atoms with Gasteiger partial charge in [-0.05, 0) is 32.1 Å². The van der Waals surface area contributed by atoms with E-state index in [0.717, 1.165) is 0 Å². The van der Waals surface area contributed by atoms with Crippen LogP contribution in [0.25, 0.3) is 0 Å². The molecule has 0 unspecified atom stereocenters. The van der Waals surface area contributed by atoms with E-state index >= 15 is 0 Å². The molecule has 1 fully saturated rings. The minimum absolute atomic E-state index is 0. The maximum absolute atomic E-state index is 7.50. The van der Waals surface area contributed by atoms with Crippen LogP contribution in [0, 0.1) is 45.4 Å². The van der Waals surface area contributed by atoms with Gasteiger partial charge in [0, 0.05) is 0 Å². The summed E-state index contributed by atoms with van der Waals surface area (Å²) in [5, 5.41) is 0. The molecule has 0 aromatic rings. The Morgan fingerprint density at radius 1 is 0.714 bits per heavy atom. The molecule has 1 saturated carbocycles. The second-order valence-electron chi connectivity index (χ2n) is 2.46. The minimum atomic E-state index is 0. The van der Waals surface area contributed by atoms with Crippen molar-refractivity contribution in [3.63, 3.8) is 0 Å². The molecule has 0 bridgehead atoms. The van der Waals surface area contributed by atoms with Crippen molar-refractivity contribution in [1.82, 2.24) is 0 Å². The van der Waals surface area contributed by atoms with Crippen molar-refractivity contribution in [1.29, 1.82) is 0 Å². The van der Waals surface area contributed by atoms with Gasteiger partial charge in [0.25, 0.3) is 0 Å². The molecule has 0 aliphatic heterocycles. The summed E-state index contributed by atoms with van der Waals surface area (Å²) in [6.45, 7) is 15.8. The monoisotopic (exact) mass is 250 g/mol. The largest absolute Gasteiger partial charge is 2.00 e. The Bertz CT molecular complexity index is 92.8. The van der Waals surface area contributed by atoms with E-state index in [1.54, 1.807) is 0 Å². The fourth-order valence-corrected chi connectivity index (χ4v) is 0.321. The number of hydrogen-bond acceptors (Lipinski definition) is 0. The molecular formula is C10H14FeO2Si+. The second-order valence-corrected chi connectivity index (χ2v) is 5.46. The summed E-state index contributed by atoms with van der Waals surface area (Å²) in [7, 11) is 0.120. The third-order valence-electron chi connectivity index (χ3n) is 0.556. The summed E-state index contributed by atoms with van der Waals surface area (Å²) < 4.78 is 15.0. The van der Waals surface area contributed by atoms with Crippen molar-refractivity contribution < 1.29 is 26.4 Å². The van der Waals surface area contributed by atoms with Crippen LogP contribution in [0.1, 0.15) is 0 Å². The summed E-state index contributed by atoms with van der Waals surface area (Å²) in [5.74, 6) is 0. The van der Waals surface area contributed by atoms with E-state index < -0.39 is 0 Å². The van der Waals surface area contributed by atoms with E-state index in [1.807, 2.05) is 32.1 Å². The Hall–Kier alpha value is 0.216. The Labute approximate surface area is 100 Å². The zero-order valence-corrected chi connectivity index (χ0v) is 10.7. The molecule has 1 aliphatic carbocycles. The Morgan fingerprint density at radius 3 is 0.857 bits per heavy atom. The fourth-order valence-electron chi connectivity index (χ4n) is 0.321. The first-order valence-corrected chi connectivity index (χ1v) is 6.57. The standard InChI is InChI=1S/C5H5.C3H9Si.2CO.Fe/c1-2-4-5-3-1;1-4(2)3;2*1-2;/h1-5H;1-3H3;;;/q;-1;;;+2. The van der Waals surface area contributed by atoms with Crippen molar-refractivity contribution in [2.45, 2.75) is 19.6 Å². The van der Waals surface area contributed by atoms with Crippen molar-refractivity contribution >= 4 is 8.80 Å². The third kappa shape index (κ3) is 56.5. The maximum Gasteiger partial charge on any atom is 2.00 e. The van der Waals surface area contributed by atoms with Crippen molar-refractivity contribution in [3.05, 3.63) is 45.4 Å². The molecule has 1 aliphatic rings. The molecule has 77 valence electrons. The average molecular weight is 250 g/mol. The predicted molar refractivity (Wildman–Crippen MR) is 52.7 cm³/mol. The molecule has 0 aromatic carbocycles. The summed E-state index contributed by atoms with van der Waals surface area (Å²) >= 11 is 0. The van der Waals surface area contributed by atoms with Crippen LogP contribution in [0.15, 0.2) is 0 Å². The predicted octanol–water partition coefficient (Wildman–Crippen LogP) is 2.31. The zero-order chi connectivity index (χ0) is 11.1. The molecule has 0 heterocycles. The Morgan fingerprint density at radius 2 is 0.786 bits per heavy atom. The van der Waals surface area contributed by atoms with Gasteiger partial charge >= 0.3 is 39.7 Å². The van der Waals surface area contributed by atoms with Crippen LogP contribution >= 0.6 is 0 Å². The molecule has 14 heavy (non-hydrogen) atoms. The van der Waals surface area contributed by atoms with Gasteiger partial charge < -0.3 is 0 Å². The van der Waals surface area contributed by atoms with Gasteiger partial charge in [-0.3, -0.25) is 8.80 Å². The fraction of sp³-hybridized carbons (Fsp3) is 0.300. The van der Waals surface area contributed by atoms with Gasteiger partial charge in [-0.1, -0.05) is 0 Å². The van der Waals surface area contributed by atoms with Crippen LogP contribution in [0.4, 0.5) is 0 Å². The van der Waals surface area contributed by atoms with Crippen LogP contribution in [-0.4, -0.2) is 8.80 Å². The van der Waals surface area contributed by atoms with E-state index in [0.29, 0.717) is 0 Å². The number of rotatable bonds is 0. The molecule has 0 N–H and O–H groups in total. The first-order chi connectivity index (χ1) is 6.23. The molecule has 2 nitrogen and oxygen atoms in total. The molecule has 5 radical (unpaired) electrons. The maximum atomic E-state index is 7.50. The molecule has 0 aromatic heterocycles. The van der Waals surface area contributed by atoms with Crippen LogP contribution in [-0.2, 0) is 26.4 Å². The summed E-state index contributed by atoms with van der Waals surface area (Å²) in [6.07, 6.45) is 10.0. The molecule has 0 spiro atoms. The van der Waals surface area contributed by atoms with Gasteiger partial charge in [0.2, 0.25) is 0 Å². The first-order valence-electron chi connectivity index (χ1n) is 3.57. The minimum Gasteiger partial charge on any atom is -0.0312 e. The Kier molecular flexibility index (Phi) is 49.7. The van der Waals surface area contributed by atoms with Gasteiger partial charge in [0.1, 0.15) is 0 Å². The van der Waals surface area contributed by atoms with Gasteiger partial charge in [-0.25, -0.2) is 0 Å².